The van der Waals surface area contributed by atoms with Crippen molar-refractivity contribution >= 4 is 16.5 Å². The second-order valence-corrected chi connectivity index (χ2v) is 7.22. The van der Waals surface area contributed by atoms with Crippen LogP contribution in [0.2, 0.25) is 0 Å². The molecule has 0 bridgehead atoms. The predicted octanol–water partition coefficient (Wildman–Crippen LogP) is 2.74. The van der Waals surface area contributed by atoms with Crippen LogP contribution >= 0.6 is 0 Å². The molecule has 1 aliphatic carbocycles. The number of aliphatic hydroxyl groups is 1. The van der Waals surface area contributed by atoms with E-state index in [1.165, 1.54) is 47.7 Å². The number of rotatable bonds is 5. The van der Waals surface area contributed by atoms with Gasteiger partial charge in [-0.05, 0) is 56.2 Å². The lowest BCUT2D eigenvalue weighted by Crippen LogP contribution is -2.42. The first-order valence-corrected chi connectivity index (χ1v) is 9.30. The van der Waals surface area contributed by atoms with Crippen molar-refractivity contribution < 1.29 is 5.11 Å². The van der Waals surface area contributed by atoms with Gasteiger partial charge in [0.15, 0.2) is 0 Å². The molecular weight excluding hydrogens is 298 g/mol. The maximum atomic E-state index is 8.89. The Labute approximate surface area is 143 Å². The van der Waals surface area contributed by atoms with Gasteiger partial charge in [0.1, 0.15) is 0 Å². The van der Waals surface area contributed by atoms with Gasteiger partial charge in [-0.2, -0.15) is 0 Å². The van der Waals surface area contributed by atoms with Gasteiger partial charge < -0.3 is 15.3 Å². The zero-order valence-electron chi connectivity index (χ0n) is 14.2. The van der Waals surface area contributed by atoms with Gasteiger partial charge in [-0.15, -0.1) is 0 Å². The Morgan fingerprint density at radius 1 is 1.17 bits per heavy atom. The van der Waals surface area contributed by atoms with Gasteiger partial charge in [-0.3, -0.25) is 4.98 Å². The summed E-state index contributed by atoms with van der Waals surface area (Å²) in [5.74, 6) is 0.768. The number of pyridine rings is 1. The number of hydrogen-bond donors (Lipinski definition) is 2. The molecule has 128 valence electrons. The minimum Gasteiger partial charge on any atom is -0.395 e. The Kier molecular flexibility index (Phi) is 4.67. The number of nitrogens with one attached hydrogen (secondary N) is 1. The summed E-state index contributed by atoms with van der Waals surface area (Å²) in [6, 6.07) is 7.32. The summed E-state index contributed by atoms with van der Waals surface area (Å²) in [5.41, 5.74) is 2.82. The molecule has 1 fully saturated rings. The Bertz CT molecular complexity index is 689. The van der Waals surface area contributed by atoms with Crippen LogP contribution in [0.4, 0.5) is 5.69 Å². The summed E-state index contributed by atoms with van der Waals surface area (Å²) in [6.07, 6.45) is 10.3. The lowest BCUT2D eigenvalue weighted by molar-refractivity contribution is 0.270. The normalized spacial score (nSPS) is 23.6. The smallest absolute Gasteiger partial charge is 0.0555 e. The van der Waals surface area contributed by atoms with Crippen LogP contribution in [0.25, 0.3) is 10.8 Å². The Morgan fingerprint density at radius 3 is 2.88 bits per heavy atom. The van der Waals surface area contributed by atoms with Gasteiger partial charge in [0, 0.05) is 48.0 Å². The molecule has 24 heavy (non-hydrogen) atoms. The molecule has 4 nitrogen and oxygen atoms in total. The van der Waals surface area contributed by atoms with Crippen molar-refractivity contribution in [1.29, 1.82) is 0 Å². The van der Waals surface area contributed by atoms with Gasteiger partial charge in [-0.1, -0.05) is 12.1 Å². The molecule has 0 saturated heterocycles. The summed E-state index contributed by atoms with van der Waals surface area (Å²) < 4.78 is 0. The molecule has 1 saturated carbocycles. The number of hydrogen-bond acceptors (Lipinski definition) is 4. The van der Waals surface area contributed by atoms with E-state index in [2.05, 4.69) is 33.4 Å². The molecule has 2 N–H and O–H groups in total. The van der Waals surface area contributed by atoms with Crippen LogP contribution in [-0.4, -0.2) is 42.4 Å². The van der Waals surface area contributed by atoms with Gasteiger partial charge in [0.05, 0.1) is 6.61 Å². The van der Waals surface area contributed by atoms with E-state index in [1.807, 2.05) is 12.4 Å². The van der Waals surface area contributed by atoms with E-state index in [-0.39, 0.29) is 6.61 Å². The van der Waals surface area contributed by atoms with E-state index in [1.54, 1.807) is 0 Å². The second kappa shape index (κ2) is 7.08. The van der Waals surface area contributed by atoms with Crippen LogP contribution < -0.4 is 10.2 Å². The summed E-state index contributed by atoms with van der Waals surface area (Å²) in [4.78, 5) is 7.06. The molecule has 4 heteroatoms. The molecule has 0 spiro atoms. The Balaban J connectivity index is 1.48. The number of aromatic nitrogens is 1. The molecule has 4 rings (SSSR count). The maximum Gasteiger partial charge on any atom is 0.0555 e. The summed E-state index contributed by atoms with van der Waals surface area (Å²) in [6.45, 7) is 3.13. The van der Waals surface area contributed by atoms with Crippen molar-refractivity contribution in [3.8, 4) is 0 Å². The maximum absolute atomic E-state index is 8.89. The summed E-state index contributed by atoms with van der Waals surface area (Å²) >= 11 is 0. The van der Waals surface area contributed by atoms with Crippen LogP contribution in [0.1, 0.15) is 31.2 Å². The van der Waals surface area contributed by atoms with Crippen molar-refractivity contribution in [3.63, 3.8) is 0 Å². The van der Waals surface area contributed by atoms with E-state index < -0.39 is 0 Å². The fraction of sp³-hybridized carbons (Fsp3) is 0.550. The summed E-state index contributed by atoms with van der Waals surface area (Å²) in [5, 5.41) is 14.9. The lowest BCUT2D eigenvalue weighted by Gasteiger charge is -2.41. The highest BCUT2D eigenvalue weighted by atomic mass is 16.3. The van der Waals surface area contributed by atoms with E-state index in [0.29, 0.717) is 6.04 Å². The zero-order chi connectivity index (χ0) is 16.4. The van der Waals surface area contributed by atoms with Crippen LogP contribution in [-0.2, 0) is 6.42 Å². The second-order valence-electron chi connectivity index (χ2n) is 7.22. The van der Waals surface area contributed by atoms with Crippen molar-refractivity contribution in [2.75, 3.05) is 31.1 Å². The Hall–Kier alpha value is -1.65. The van der Waals surface area contributed by atoms with E-state index in [4.69, 9.17) is 5.11 Å². The highest BCUT2D eigenvalue weighted by Gasteiger charge is 2.29. The third-order valence-corrected chi connectivity index (χ3v) is 5.75. The minimum atomic E-state index is 0.237. The average molecular weight is 325 g/mol. The number of anilines is 1. The molecule has 2 aromatic rings. The van der Waals surface area contributed by atoms with Gasteiger partial charge in [-0.25, -0.2) is 0 Å². The number of benzene rings is 1. The topological polar surface area (TPSA) is 48.4 Å². The quantitative estimate of drug-likeness (QED) is 0.830. The number of aliphatic hydroxyl groups excluding tert-OH is 1. The first kappa shape index (κ1) is 15.9. The van der Waals surface area contributed by atoms with E-state index in [0.717, 1.165) is 32.0 Å². The SMILES string of the molecule is OCCNCC1CCC(N2CCc3cncc4cccc2c34)CC1. The van der Waals surface area contributed by atoms with Gasteiger partial charge in [0.2, 0.25) is 0 Å². The predicted molar refractivity (Wildman–Crippen MR) is 98.5 cm³/mol. The molecule has 0 unspecified atom stereocenters. The average Bonchev–Trinajstić information content (AvgIpc) is 2.64. The molecule has 0 radical (unpaired) electrons. The highest BCUT2D eigenvalue weighted by Crippen LogP contribution is 2.38. The standard InChI is InChI=1S/C20H27N3O/c24-11-9-21-12-15-4-6-18(7-5-15)23-10-8-17-14-22-13-16-2-1-3-19(23)20(16)17/h1-3,13-15,18,21,24H,4-12H2. The van der Waals surface area contributed by atoms with E-state index >= 15 is 0 Å². The first-order valence-electron chi connectivity index (χ1n) is 9.30. The zero-order valence-corrected chi connectivity index (χ0v) is 14.2. The number of nitrogens with zero attached hydrogens (tertiary/aromatic N) is 2. The fourth-order valence-electron chi connectivity index (χ4n) is 4.50. The van der Waals surface area contributed by atoms with Crippen molar-refractivity contribution in [2.45, 2.75) is 38.1 Å². The monoisotopic (exact) mass is 325 g/mol. The van der Waals surface area contributed by atoms with E-state index in [9.17, 15) is 0 Å². The van der Waals surface area contributed by atoms with Crippen LogP contribution in [0, 0.1) is 5.92 Å². The van der Waals surface area contributed by atoms with Crippen LogP contribution in [0.3, 0.4) is 0 Å². The molecular formula is C20H27N3O. The minimum absolute atomic E-state index is 0.237. The Morgan fingerprint density at radius 2 is 2.04 bits per heavy atom. The highest BCUT2D eigenvalue weighted by molar-refractivity contribution is 5.97. The van der Waals surface area contributed by atoms with Crippen LogP contribution in [0.5, 0.6) is 0 Å². The summed E-state index contributed by atoms with van der Waals surface area (Å²) in [7, 11) is 0. The molecule has 1 aromatic heterocycles. The van der Waals surface area contributed by atoms with Crippen molar-refractivity contribution in [3.05, 3.63) is 36.2 Å². The van der Waals surface area contributed by atoms with Gasteiger partial charge >= 0.3 is 0 Å². The van der Waals surface area contributed by atoms with Crippen LogP contribution in [0.15, 0.2) is 30.6 Å². The van der Waals surface area contributed by atoms with Crippen molar-refractivity contribution in [2.24, 2.45) is 5.92 Å². The fourth-order valence-corrected chi connectivity index (χ4v) is 4.50. The lowest BCUT2D eigenvalue weighted by atomic mass is 9.84. The first-order chi connectivity index (χ1) is 11.9. The molecule has 2 aliphatic rings. The molecule has 0 atom stereocenters. The third-order valence-electron chi connectivity index (χ3n) is 5.75. The molecule has 1 aliphatic heterocycles. The molecule has 1 aromatic carbocycles. The largest absolute Gasteiger partial charge is 0.395 e. The molecule has 0 amide bonds. The van der Waals surface area contributed by atoms with Crippen molar-refractivity contribution in [1.82, 2.24) is 10.3 Å². The third kappa shape index (κ3) is 3.01. The molecule has 2 heterocycles. The van der Waals surface area contributed by atoms with Gasteiger partial charge in [0.25, 0.3) is 0 Å².